The van der Waals surface area contributed by atoms with Crippen molar-refractivity contribution in [2.75, 3.05) is 5.33 Å². The van der Waals surface area contributed by atoms with E-state index in [1.807, 2.05) is 0 Å². The number of amides is 1. The van der Waals surface area contributed by atoms with Crippen LogP contribution in [0.2, 0.25) is 0 Å². The van der Waals surface area contributed by atoms with Crippen molar-refractivity contribution in [1.29, 1.82) is 0 Å². The second-order valence-corrected chi connectivity index (χ2v) is 6.80. The second kappa shape index (κ2) is 8.82. The number of ether oxygens (including phenoxy) is 2. The fraction of sp³-hybridized carbons (Fsp3) is 0.471. The number of alkyl carbamates (subject to hydrolysis) is 1. The van der Waals surface area contributed by atoms with E-state index in [9.17, 15) is 14.4 Å². The molecular formula is C17H22BrNO5. The number of nitrogens with one attached hydrogen (secondary N) is 1. The summed E-state index contributed by atoms with van der Waals surface area (Å²) in [5.74, 6) is -0.138. The fourth-order valence-corrected chi connectivity index (χ4v) is 2.27. The maximum Gasteiger partial charge on any atom is 0.408 e. The number of halogens is 1. The lowest BCUT2D eigenvalue weighted by atomic mass is 10.0. The number of benzene rings is 1. The molecule has 0 bridgehead atoms. The summed E-state index contributed by atoms with van der Waals surface area (Å²) in [7, 11) is 0. The largest absolute Gasteiger partial charge is 0.444 e. The van der Waals surface area contributed by atoms with E-state index in [1.54, 1.807) is 45.0 Å². The molecule has 0 spiro atoms. The van der Waals surface area contributed by atoms with Gasteiger partial charge in [-0.1, -0.05) is 28.1 Å². The smallest absolute Gasteiger partial charge is 0.408 e. The predicted octanol–water partition coefficient (Wildman–Crippen LogP) is 3.01. The molecule has 1 aromatic carbocycles. The fourth-order valence-electron chi connectivity index (χ4n) is 1.88. The molecule has 0 aliphatic carbocycles. The van der Waals surface area contributed by atoms with Crippen molar-refractivity contribution in [2.45, 2.75) is 45.8 Å². The maximum absolute atomic E-state index is 12.0. The molecule has 1 N–H and O–H groups in total. The lowest BCUT2D eigenvalue weighted by Crippen LogP contribution is -2.45. The molecular weight excluding hydrogens is 378 g/mol. The summed E-state index contributed by atoms with van der Waals surface area (Å²) in [6.07, 6.45) is -0.331. The highest BCUT2D eigenvalue weighted by Crippen LogP contribution is 2.15. The minimum Gasteiger partial charge on any atom is -0.444 e. The standard InChI is InChI=1S/C17H22BrNO5/c1-11(20)23-13-7-5-12(6-8-13)9-14(15(21)10-18)19-16(22)24-17(2,3)4/h5-8,14H,9-10H2,1-4H3,(H,19,22). The zero-order valence-electron chi connectivity index (χ0n) is 14.2. The third-order valence-corrected chi connectivity index (χ3v) is 3.39. The van der Waals surface area contributed by atoms with Crippen LogP contribution in [-0.2, 0) is 20.7 Å². The Morgan fingerprint density at radius 1 is 1.17 bits per heavy atom. The number of alkyl halides is 1. The first-order valence-corrected chi connectivity index (χ1v) is 8.58. The molecule has 1 rings (SSSR count). The molecule has 0 radical (unpaired) electrons. The summed E-state index contributed by atoms with van der Waals surface area (Å²) >= 11 is 3.12. The van der Waals surface area contributed by atoms with Gasteiger partial charge in [-0.05, 0) is 44.9 Å². The summed E-state index contributed by atoms with van der Waals surface area (Å²) in [6.45, 7) is 6.58. The van der Waals surface area contributed by atoms with Crippen molar-refractivity contribution >= 4 is 33.8 Å². The van der Waals surface area contributed by atoms with E-state index in [1.165, 1.54) is 6.92 Å². The van der Waals surface area contributed by atoms with Gasteiger partial charge in [0.15, 0.2) is 5.78 Å². The highest BCUT2D eigenvalue weighted by atomic mass is 79.9. The zero-order chi connectivity index (χ0) is 18.3. The quantitative estimate of drug-likeness (QED) is 0.451. The van der Waals surface area contributed by atoms with Gasteiger partial charge in [0, 0.05) is 6.92 Å². The van der Waals surface area contributed by atoms with Gasteiger partial charge in [-0.3, -0.25) is 9.59 Å². The van der Waals surface area contributed by atoms with Gasteiger partial charge >= 0.3 is 12.1 Å². The zero-order valence-corrected chi connectivity index (χ0v) is 15.8. The van der Waals surface area contributed by atoms with Crippen molar-refractivity contribution in [2.24, 2.45) is 0 Å². The Balaban J connectivity index is 2.77. The summed E-state index contributed by atoms with van der Waals surface area (Å²) in [5.41, 5.74) is 0.180. The molecule has 0 saturated heterocycles. The molecule has 1 atom stereocenters. The predicted molar refractivity (Wildman–Crippen MR) is 93.4 cm³/mol. The number of rotatable bonds is 6. The van der Waals surface area contributed by atoms with Crippen LogP contribution in [0, 0.1) is 0 Å². The van der Waals surface area contributed by atoms with Crippen molar-refractivity contribution in [3.63, 3.8) is 0 Å². The van der Waals surface area contributed by atoms with E-state index in [2.05, 4.69) is 21.2 Å². The third-order valence-electron chi connectivity index (χ3n) is 2.84. The van der Waals surface area contributed by atoms with Gasteiger partial charge in [-0.15, -0.1) is 0 Å². The SMILES string of the molecule is CC(=O)Oc1ccc(CC(NC(=O)OC(C)(C)C)C(=O)CBr)cc1. The minimum absolute atomic E-state index is 0.124. The first kappa shape index (κ1) is 20.2. The summed E-state index contributed by atoms with van der Waals surface area (Å²) in [6, 6.07) is 6.05. The molecule has 0 saturated carbocycles. The Morgan fingerprint density at radius 2 is 1.75 bits per heavy atom. The Hall–Kier alpha value is -1.89. The summed E-state index contributed by atoms with van der Waals surface area (Å²) in [5, 5.41) is 2.72. The number of carbonyl (C=O) groups is 3. The molecule has 132 valence electrons. The lowest BCUT2D eigenvalue weighted by Gasteiger charge is -2.23. The van der Waals surface area contributed by atoms with Crippen molar-refractivity contribution in [3.8, 4) is 5.75 Å². The number of esters is 1. The van der Waals surface area contributed by atoms with E-state index in [0.717, 1.165) is 5.56 Å². The van der Waals surface area contributed by atoms with Crippen LogP contribution in [0.3, 0.4) is 0 Å². The monoisotopic (exact) mass is 399 g/mol. The minimum atomic E-state index is -0.709. The molecule has 0 fully saturated rings. The molecule has 24 heavy (non-hydrogen) atoms. The topological polar surface area (TPSA) is 81.7 Å². The number of carbonyl (C=O) groups excluding carboxylic acids is 3. The van der Waals surface area contributed by atoms with Crippen LogP contribution in [0.5, 0.6) is 5.75 Å². The van der Waals surface area contributed by atoms with Crippen molar-refractivity contribution in [3.05, 3.63) is 29.8 Å². The van der Waals surface area contributed by atoms with E-state index < -0.39 is 23.7 Å². The Morgan fingerprint density at radius 3 is 2.21 bits per heavy atom. The van der Waals surface area contributed by atoms with Crippen LogP contribution in [0.4, 0.5) is 4.79 Å². The molecule has 1 unspecified atom stereocenters. The number of hydrogen-bond acceptors (Lipinski definition) is 5. The number of hydrogen-bond donors (Lipinski definition) is 1. The van der Waals surface area contributed by atoms with Gasteiger partial charge in [0.2, 0.25) is 0 Å². The second-order valence-electron chi connectivity index (χ2n) is 6.24. The van der Waals surface area contributed by atoms with Crippen LogP contribution in [-0.4, -0.2) is 34.8 Å². The van der Waals surface area contributed by atoms with Crippen LogP contribution in [0.15, 0.2) is 24.3 Å². The van der Waals surface area contributed by atoms with Gasteiger partial charge in [0.1, 0.15) is 11.4 Å². The van der Waals surface area contributed by atoms with Crippen LogP contribution in [0.25, 0.3) is 0 Å². The highest BCUT2D eigenvalue weighted by Gasteiger charge is 2.23. The Kier molecular flexibility index (Phi) is 7.41. The number of ketones is 1. The van der Waals surface area contributed by atoms with Crippen molar-refractivity contribution < 1.29 is 23.9 Å². The normalized spacial score (nSPS) is 12.2. The molecule has 0 aromatic heterocycles. The Bertz CT molecular complexity index is 592. The van der Waals surface area contributed by atoms with Crippen LogP contribution in [0.1, 0.15) is 33.3 Å². The van der Waals surface area contributed by atoms with Gasteiger partial charge in [0.25, 0.3) is 0 Å². The van der Waals surface area contributed by atoms with Gasteiger partial charge < -0.3 is 14.8 Å². The first-order valence-electron chi connectivity index (χ1n) is 7.46. The molecule has 1 amide bonds. The average Bonchev–Trinajstić information content (AvgIpc) is 2.45. The molecule has 0 heterocycles. The first-order chi connectivity index (χ1) is 11.1. The van der Waals surface area contributed by atoms with Crippen LogP contribution < -0.4 is 10.1 Å². The van der Waals surface area contributed by atoms with E-state index in [-0.39, 0.29) is 11.1 Å². The summed E-state index contributed by atoms with van der Waals surface area (Å²) in [4.78, 5) is 34.8. The molecule has 6 nitrogen and oxygen atoms in total. The number of Topliss-reactive ketones (excluding diaryl/α,β-unsaturated/α-hetero) is 1. The van der Waals surface area contributed by atoms with E-state index in [0.29, 0.717) is 12.2 Å². The van der Waals surface area contributed by atoms with Crippen molar-refractivity contribution in [1.82, 2.24) is 5.32 Å². The van der Waals surface area contributed by atoms with E-state index in [4.69, 9.17) is 9.47 Å². The summed E-state index contributed by atoms with van der Waals surface area (Å²) < 4.78 is 10.1. The molecule has 7 heteroatoms. The molecule has 0 aliphatic rings. The van der Waals surface area contributed by atoms with Crippen LogP contribution >= 0.6 is 15.9 Å². The average molecular weight is 400 g/mol. The Labute approximate surface area is 150 Å². The van der Waals surface area contributed by atoms with Gasteiger partial charge in [0.05, 0.1) is 11.4 Å². The maximum atomic E-state index is 12.0. The lowest BCUT2D eigenvalue weighted by molar-refractivity contribution is -0.131. The molecule has 0 aliphatic heterocycles. The van der Waals surface area contributed by atoms with E-state index >= 15 is 0 Å². The van der Waals surface area contributed by atoms with Gasteiger partial charge in [-0.2, -0.15) is 0 Å². The van der Waals surface area contributed by atoms with Gasteiger partial charge in [-0.25, -0.2) is 4.79 Å². The highest BCUT2D eigenvalue weighted by molar-refractivity contribution is 9.09. The molecule has 1 aromatic rings. The third kappa shape index (κ3) is 7.59.